The van der Waals surface area contributed by atoms with Crippen LogP contribution >= 0.6 is 0 Å². The number of ether oxygens (including phenoxy) is 1. The molecule has 4 aromatic rings. The Labute approximate surface area is 246 Å². The van der Waals surface area contributed by atoms with Crippen molar-refractivity contribution in [1.29, 1.82) is 0 Å². The summed E-state index contributed by atoms with van der Waals surface area (Å²) in [5, 5.41) is 11.2. The highest BCUT2D eigenvalue weighted by Gasteiger charge is 2.38. The Morgan fingerprint density at radius 2 is 1.57 bits per heavy atom. The van der Waals surface area contributed by atoms with Gasteiger partial charge < -0.3 is 28.7 Å². The summed E-state index contributed by atoms with van der Waals surface area (Å²) in [6, 6.07) is 18.4. The highest BCUT2D eigenvalue weighted by Crippen LogP contribution is 2.29. The molecule has 2 aromatic heterocycles. The zero-order chi connectivity index (χ0) is 32.1. The lowest BCUT2D eigenvalue weighted by Gasteiger charge is -2.34. The van der Waals surface area contributed by atoms with Crippen LogP contribution in [0.1, 0.15) is 5.56 Å². The lowest BCUT2D eigenvalue weighted by Crippen LogP contribution is -2.44. The van der Waals surface area contributed by atoms with Crippen LogP contribution in [0.25, 0.3) is 22.6 Å². The SMILES string of the molecule is CN1CCN(c2cccc(Cn3cc(-c4cc(-c5ccc(OC(F)(F)F)cc5)no4)ccc3=O)c2)CC1.O=C(O)C(F)(F)F. The van der Waals surface area contributed by atoms with Crippen LogP contribution in [0.2, 0.25) is 0 Å². The van der Waals surface area contributed by atoms with Crippen molar-refractivity contribution in [3.63, 3.8) is 0 Å². The number of rotatable bonds is 6. The van der Waals surface area contributed by atoms with Crippen molar-refractivity contribution in [2.75, 3.05) is 38.1 Å². The van der Waals surface area contributed by atoms with Gasteiger partial charge in [0, 0.05) is 61.3 Å². The third-order valence-electron chi connectivity index (χ3n) is 6.54. The predicted octanol–water partition coefficient (Wildman–Crippen LogP) is 5.50. The molecule has 0 saturated carbocycles. The van der Waals surface area contributed by atoms with Crippen LogP contribution < -0.4 is 15.2 Å². The van der Waals surface area contributed by atoms with E-state index in [1.165, 1.54) is 30.3 Å². The molecule has 0 bridgehead atoms. The van der Waals surface area contributed by atoms with Gasteiger partial charge in [0.15, 0.2) is 5.76 Å². The second-order valence-corrected chi connectivity index (χ2v) is 9.80. The smallest absolute Gasteiger partial charge is 0.475 e. The van der Waals surface area contributed by atoms with E-state index >= 15 is 0 Å². The number of alkyl halides is 6. The monoisotopic (exact) mass is 624 g/mol. The van der Waals surface area contributed by atoms with Crippen molar-refractivity contribution in [3.05, 3.63) is 88.8 Å². The molecule has 0 amide bonds. The summed E-state index contributed by atoms with van der Waals surface area (Å²) >= 11 is 0. The molecule has 9 nitrogen and oxygen atoms in total. The molecule has 15 heteroatoms. The first-order valence-electron chi connectivity index (χ1n) is 13.0. The number of pyridine rings is 1. The number of carboxylic acid groups (broad SMARTS) is 1. The molecule has 0 atom stereocenters. The molecule has 2 aromatic carbocycles. The zero-order valence-corrected chi connectivity index (χ0v) is 23.1. The molecule has 44 heavy (non-hydrogen) atoms. The van der Waals surface area contributed by atoms with Gasteiger partial charge in [0.1, 0.15) is 11.4 Å². The number of nitrogens with zero attached hydrogens (tertiary/aromatic N) is 4. The van der Waals surface area contributed by atoms with Crippen LogP contribution in [0.3, 0.4) is 0 Å². The number of carbonyl (C=O) groups is 1. The first kappa shape index (κ1) is 32.1. The molecule has 0 spiro atoms. The number of anilines is 1. The Hall–Kier alpha value is -4.79. The average molecular weight is 625 g/mol. The molecular weight excluding hydrogens is 598 g/mol. The molecule has 234 valence electrons. The van der Waals surface area contributed by atoms with Crippen LogP contribution in [0.4, 0.5) is 32.0 Å². The number of halogens is 6. The molecule has 1 saturated heterocycles. The summed E-state index contributed by atoms with van der Waals surface area (Å²) in [5.41, 5.74) is 3.68. The summed E-state index contributed by atoms with van der Waals surface area (Å²) in [4.78, 5) is 26.1. The molecule has 1 aliphatic heterocycles. The fourth-order valence-corrected chi connectivity index (χ4v) is 4.29. The fourth-order valence-electron chi connectivity index (χ4n) is 4.29. The van der Waals surface area contributed by atoms with E-state index in [9.17, 15) is 31.1 Å². The summed E-state index contributed by atoms with van der Waals surface area (Å²) in [5.74, 6) is -2.64. The molecular formula is C29H26F6N4O5. The molecule has 1 aliphatic rings. The molecule has 1 N–H and O–H groups in total. The maximum Gasteiger partial charge on any atom is 0.573 e. The molecule has 5 rings (SSSR count). The first-order chi connectivity index (χ1) is 20.7. The van der Waals surface area contributed by atoms with Crippen LogP contribution in [0.15, 0.2) is 82.2 Å². The summed E-state index contributed by atoms with van der Waals surface area (Å²) in [7, 11) is 2.12. The lowest BCUT2D eigenvalue weighted by molar-refractivity contribution is -0.274. The standard InChI is InChI=1S/C27H25F3N4O3.C2HF3O2/c1-32-11-13-33(14-12-32)22-4-2-3-19(15-22)17-34-18-21(7-10-26(34)35)25-16-24(31-37-25)20-5-8-23(9-6-20)36-27(28,29)30;3-2(4,5)1(6)7/h2-10,15-16,18H,11-14,17H2,1H3;(H,6,7). The van der Waals surface area contributed by atoms with E-state index in [1.807, 2.05) is 12.1 Å². The molecule has 3 heterocycles. The third kappa shape index (κ3) is 8.86. The maximum absolute atomic E-state index is 12.6. The number of benzene rings is 2. The van der Waals surface area contributed by atoms with Crippen molar-refractivity contribution in [2.45, 2.75) is 19.1 Å². The minimum atomic E-state index is -5.08. The third-order valence-corrected chi connectivity index (χ3v) is 6.54. The number of hydrogen-bond donors (Lipinski definition) is 1. The minimum absolute atomic E-state index is 0.145. The van der Waals surface area contributed by atoms with Crippen LogP contribution in [-0.2, 0) is 11.3 Å². The highest BCUT2D eigenvalue weighted by atomic mass is 19.4. The van der Waals surface area contributed by atoms with Crippen LogP contribution in [-0.4, -0.2) is 71.5 Å². The van der Waals surface area contributed by atoms with Gasteiger partial charge in [0.2, 0.25) is 0 Å². The second kappa shape index (κ2) is 13.2. The number of likely N-dealkylation sites (N-methyl/N-ethyl adjacent to an activating group) is 1. The number of piperazine rings is 1. The maximum atomic E-state index is 12.6. The van der Waals surface area contributed by atoms with Gasteiger partial charge in [-0.1, -0.05) is 17.3 Å². The van der Waals surface area contributed by atoms with Gasteiger partial charge in [-0.05, 0) is 55.1 Å². The van der Waals surface area contributed by atoms with Crippen LogP contribution in [0, 0.1) is 0 Å². The van der Waals surface area contributed by atoms with Crippen molar-refractivity contribution >= 4 is 11.7 Å². The summed E-state index contributed by atoms with van der Waals surface area (Å²) in [6.45, 7) is 4.34. The lowest BCUT2D eigenvalue weighted by atomic mass is 10.1. The zero-order valence-electron chi connectivity index (χ0n) is 23.1. The predicted molar refractivity (Wildman–Crippen MR) is 147 cm³/mol. The van der Waals surface area contributed by atoms with Crippen molar-refractivity contribution in [2.24, 2.45) is 0 Å². The number of carboxylic acids is 1. The van der Waals surface area contributed by atoms with E-state index in [0.717, 1.165) is 37.4 Å². The van der Waals surface area contributed by atoms with E-state index in [4.69, 9.17) is 14.4 Å². The molecule has 0 aliphatic carbocycles. The van der Waals surface area contributed by atoms with Gasteiger partial charge in [-0.25, -0.2) is 4.79 Å². The molecule has 1 fully saturated rings. The highest BCUT2D eigenvalue weighted by molar-refractivity contribution is 5.73. The Morgan fingerprint density at radius 3 is 2.18 bits per heavy atom. The number of hydrogen-bond acceptors (Lipinski definition) is 7. The van der Waals surface area contributed by atoms with Gasteiger partial charge in [-0.15, -0.1) is 13.2 Å². The largest absolute Gasteiger partial charge is 0.573 e. The van der Waals surface area contributed by atoms with E-state index < -0.39 is 18.5 Å². The average Bonchev–Trinajstić information content (AvgIpc) is 3.45. The Morgan fingerprint density at radius 1 is 0.932 bits per heavy atom. The molecule has 0 unspecified atom stereocenters. The van der Waals surface area contributed by atoms with Gasteiger partial charge >= 0.3 is 18.5 Å². The quantitative estimate of drug-likeness (QED) is 0.281. The van der Waals surface area contributed by atoms with Gasteiger partial charge in [-0.2, -0.15) is 13.2 Å². The van der Waals surface area contributed by atoms with Gasteiger partial charge in [-0.3, -0.25) is 4.79 Å². The topological polar surface area (TPSA) is 101 Å². The molecule has 0 radical (unpaired) electrons. The first-order valence-corrected chi connectivity index (χ1v) is 13.0. The van der Waals surface area contributed by atoms with E-state index in [1.54, 1.807) is 22.9 Å². The van der Waals surface area contributed by atoms with Gasteiger partial charge in [0.05, 0.1) is 6.54 Å². The van der Waals surface area contributed by atoms with Crippen molar-refractivity contribution < 1.29 is 45.5 Å². The van der Waals surface area contributed by atoms with E-state index in [2.05, 4.69) is 38.9 Å². The normalized spacial score (nSPS) is 14.1. The second-order valence-electron chi connectivity index (χ2n) is 9.80. The van der Waals surface area contributed by atoms with Crippen LogP contribution in [0.5, 0.6) is 5.75 Å². The van der Waals surface area contributed by atoms with E-state index in [-0.39, 0.29) is 11.3 Å². The Kier molecular flexibility index (Phi) is 9.67. The summed E-state index contributed by atoms with van der Waals surface area (Å²) in [6.07, 6.45) is -8.12. The number of aliphatic carboxylic acids is 1. The number of aromatic nitrogens is 2. The summed E-state index contributed by atoms with van der Waals surface area (Å²) < 4.78 is 79.9. The van der Waals surface area contributed by atoms with Crippen molar-refractivity contribution in [1.82, 2.24) is 14.6 Å². The van der Waals surface area contributed by atoms with Crippen molar-refractivity contribution in [3.8, 4) is 28.3 Å². The fraction of sp³-hybridized carbons (Fsp3) is 0.276. The minimum Gasteiger partial charge on any atom is -0.475 e. The van der Waals surface area contributed by atoms with Gasteiger partial charge in [0.25, 0.3) is 5.56 Å². The van der Waals surface area contributed by atoms with E-state index in [0.29, 0.717) is 29.1 Å². The Bertz CT molecular complexity index is 1620. The Balaban J connectivity index is 0.000000566.